The molecule has 112 valence electrons. The van der Waals surface area contributed by atoms with Gasteiger partial charge in [0.1, 0.15) is 0 Å². The second kappa shape index (κ2) is 6.02. The van der Waals surface area contributed by atoms with E-state index in [9.17, 15) is 4.79 Å². The van der Waals surface area contributed by atoms with E-state index in [-0.39, 0.29) is 5.91 Å². The molecule has 1 unspecified atom stereocenters. The summed E-state index contributed by atoms with van der Waals surface area (Å²) in [4.78, 5) is 14.7. The molecular weight excluding hydrogens is 260 g/mol. The van der Waals surface area contributed by atoms with E-state index in [0.717, 1.165) is 24.6 Å². The first kappa shape index (κ1) is 14.3. The number of nitrogens with zero attached hydrogens (tertiary/aromatic N) is 1. The lowest BCUT2D eigenvalue weighted by atomic mass is 9.75. The second-order valence-electron chi connectivity index (χ2n) is 6.41. The fourth-order valence-electron chi connectivity index (χ4n) is 3.68. The van der Waals surface area contributed by atoms with Gasteiger partial charge in [0, 0.05) is 24.7 Å². The first-order valence-corrected chi connectivity index (χ1v) is 7.89. The molecule has 2 bridgehead atoms. The number of nitrogens with one attached hydrogen (secondary N) is 1. The molecule has 3 heterocycles. The Morgan fingerprint density at radius 3 is 2.81 bits per heavy atom. The van der Waals surface area contributed by atoms with Crippen LogP contribution in [0, 0.1) is 18.8 Å². The maximum Gasteiger partial charge on any atom is 0.251 e. The van der Waals surface area contributed by atoms with Gasteiger partial charge in [-0.15, -0.1) is 6.58 Å². The van der Waals surface area contributed by atoms with Crippen molar-refractivity contribution >= 4 is 5.91 Å². The van der Waals surface area contributed by atoms with Crippen molar-refractivity contribution in [1.82, 2.24) is 10.2 Å². The number of hydrogen-bond acceptors (Lipinski definition) is 2. The maximum absolute atomic E-state index is 12.2. The zero-order chi connectivity index (χ0) is 14.8. The molecule has 0 saturated carbocycles. The Bertz CT molecular complexity index is 523. The molecule has 0 aromatic heterocycles. The van der Waals surface area contributed by atoms with Crippen molar-refractivity contribution in [2.24, 2.45) is 11.8 Å². The Labute approximate surface area is 127 Å². The van der Waals surface area contributed by atoms with E-state index in [0.29, 0.717) is 12.0 Å². The van der Waals surface area contributed by atoms with Crippen molar-refractivity contribution in [3.05, 3.63) is 48.0 Å². The third kappa shape index (κ3) is 3.03. The van der Waals surface area contributed by atoms with E-state index >= 15 is 0 Å². The molecule has 0 spiro atoms. The van der Waals surface area contributed by atoms with E-state index in [1.807, 2.05) is 31.2 Å². The van der Waals surface area contributed by atoms with Crippen LogP contribution in [0.1, 0.15) is 28.8 Å². The van der Waals surface area contributed by atoms with Crippen LogP contribution >= 0.6 is 0 Å². The summed E-state index contributed by atoms with van der Waals surface area (Å²) in [6.07, 6.45) is 4.57. The van der Waals surface area contributed by atoms with E-state index < -0.39 is 0 Å². The van der Waals surface area contributed by atoms with E-state index in [2.05, 4.69) is 22.9 Å². The number of amides is 1. The molecule has 1 aromatic carbocycles. The first-order valence-electron chi connectivity index (χ1n) is 7.89. The summed E-state index contributed by atoms with van der Waals surface area (Å²) in [6.45, 7) is 9.02. The first-order chi connectivity index (χ1) is 10.2. The molecule has 4 rings (SSSR count). The number of aryl methyl sites for hydroxylation is 1. The molecule has 1 aromatic rings. The van der Waals surface area contributed by atoms with Gasteiger partial charge in [-0.3, -0.25) is 9.69 Å². The quantitative estimate of drug-likeness (QED) is 0.862. The molecular formula is C18H24N2O. The lowest BCUT2D eigenvalue weighted by Gasteiger charge is -2.49. The van der Waals surface area contributed by atoms with Crippen LogP contribution in [0.5, 0.6) is 0 Å². The monoisotopic (exact) mass is 284 g/mol. The molecule has 3 saturated heterocycles. The fraction of sp³-hybridized carbons (Fsp3) is 0.500. The number of benzene rings is 1. The molecule has 0 radical (unpaired) electrons. The number of carbonyl (C=O) groups is 1. The van der Waals surface area contributed by atoms with Crippen LogP contribution in [0.25, 0.3) is 0 Å². The molecule has 1 N–H and O–H groups in total. The maximum atomic E-state index is 12.2. The Balaban J connectivity index is 1.55. The van der Waals surface area contributed by atoms with Crippen LogP contribution in [0.15, 0.2) is 36.9 Å². The number of rotatable bonds is 4. The molecule has 1 amide bonds. The van der Waals surface area contributed by atoms with Crippen molar-refractivity contribution in [3.8, 4) is 0 Å². The van der Waals surface area contributed by atoms with Gasteiger partial charge in [0.2, 0.25) is 0 Å². The highest BCUT2D eigenvalue weighted by atomic mass is 16.1. The molecule has 0 aliphatic carbocycles. The van der Waals surface area contributed by atoms with E-state index in [4.69, 9.17) is 0 Å². The number of carbonyl (C=O) groups excluding carboxylic acids is 1. The minimum absolute atomic E-state index is 0.0397. The molecule has 3 aliphatic rings. The zero-order valence-corrected chi connectivity index (χ0v) is 12.7. The lowest BCUT2D eigenvalue weighted by Crippen LogP contribution is -2.56. The summed E-state index contributed by atoms with van der Waals surface area (Å²) in [5.74, 6) is 1.44. The fourth-order valence-corrected chi connectivity index (χ4v) is 3.68. The molecule has 4 atom stereocenters. The Morgan fingerprint density at radius 1 is 1.43 bits per heavy atom. The van der Waals surface area contributed by atoms with Gasteiger partial charge >= 0.3 is 0 Å². The SMILES string of the molecule is C=C[C@@H]1CN2CC[C@@H]1C[C@H]2CNC(=O)c1ccc(C)cc1. The predicted molar refractivity (Wildman–Crippen MR) is 85.3 cm³/mol. The second-order valence-corrected chi connectivity index (χ2v) is 6.41. The van der Waals surface area contributed by atoms with Crippen LogP contribution in [0.3, 0.4) is 0 Å². The number of piperidine rings is 3. The average Bonchev–Trinajstić information content (AvgIpc) is 2.53. The largest absolute Gasteiger partial charge is 0.350 e. The van der Waals surface area contributed by atoms with Crippen molar-refractivity contribution < 1.29 is 4.79 Å². The Hall–Kier alpha value is -1.61. The van der Waals surface area contributed by atoms with Crippen LogP contribution in [-0.2, 0) is 0 Å². The smallest absolute Gasteiger partial charge is 0.251 e. The normalized spacial score (nSPS) is 30.9. The summed E-state index contributed by atoms with van der Waals surface area (Å²) in [6, 6.07) is 8.25. The van der Waals surface area contributed by atoms with Crippen LogP contribution < -0.4 is 5.32 Å². The number of fused-ring (bicyclic) bond motifs is 3. The lowest BCUT2D eigenvalue weighted by molar-refractivity contribution is 0.0195. The summed E-state index contributed by atoms with van der Waals surface area (Å²) >= 11 is 0. The van der Waals surface area contributed by atoms with Gasteiger partial charge in [0.25, 0.3) is 5.91 Å². The highest BCUT2D eigenvalue weighted by Gasteiger charge is 2.38. The molecule has 3 fully saturated rings. The molecule has 3 aliphatic heterocycles. The minimum Gasteiger partial charge on any atom is -0.350 e. The number of hydrogen-bond donors (Lipinski definition) is 1. The van der Waals surface area contributed by atoms with Gasteiger partial charge in [-0.05, 0) is 50.3 Å². The van der Waals surface area contributed by atoms with Gasteiger partial charge in [-0.2, -0.15) is 0 Å². The highest BCUT2D eigenvalue weighted by molar-refractivity contribution is 5.94. The van der Waals surface area contributed by atoms with Crippen LogP contribution in [0.4, 0.5) is 0 Å². The zero-order valence-electron chi connectivity index (χ0n) is 12.7. The molecule has 21 heavy (non-hydrogen) atoms. The molecule has 3 heteroatoms. The molecule has 3 nitrogen and oxygen atoms in total. The standard InChI is InChI=1S/C18H24N2O/c1-3-14-12-20-9-8-16(14)10-17(20)11-19-18(21)15-6-4-13(2)5-7-15/h3-7,14,16-17H,1,8-12H2,2H3,(H,19,21)/t14-,16-,17+/m1/s1. The van der Waals surface area contributed by atoms with Crippen LogP contribution in [-0.4, -0.2) is 36.5 Å². The third-order valence-corrected chi connectivity index (χ3v) is 5.04. The van der Waals surface area contributed by atoms with Crippen molar-refractivity contribution in [2.45, 2.75) is 25.8 Å². The van der Waals surface area contributed by atoms with E-state index in [1.165, 1.54) is 24.9 Å². The Kier molecular flexibility index (Phi) is 4.11. The van der Waals surface area contributed by atoms with Gasteiger partial charge in [0.15, 0.2) is 0 Å². The average molecular weight is 284 g/mol. The predicted octanol–water partition coefficient (Wildman–Crippen LogP) is 2.62. The summed E-state index contributed by atoms with van der Waals surface area (Å²) < 4.78 is 0. The topological polar surface area (TPSA) is 32.3 Å². The van der Waals surface area contributed by atoms with Gasteiger partial charge in [-0.25, -0.2) is 0 Å². The summed E-state index contributed by atoms with van der Waals surface area (Å²) in [7, 11) is 0. The minimum atomic E-state index is 0.0397. The van der Waals surface area contributed by atoms with Crippen molar-refractivity contribution in [2.75, 3.05) is 19.6 Å². The highest BCUT2D eigenvalue weighted by Crippen LogP contribution is 2.36. The summed E-state index contributed by atoms with van der Waals surface area (Å²) in [5, 5.41) is 3.10. The summed E-state index contributed by atoms with van der Waals surface area (Å²) in [5.41, 5.74) is 1.93. The Morgan fingerprint density at radius 2 is 2.19 bits per heavy atom. The van der Waals surface area contributed by atoms with Gasteiger partial charge < -0.3 is 5.32 Å². The van der Waals surface area contributed by atoms with Crippen molar-refractivity contribution in [3.63, 3.8) is 0 Å². The van der Waals surface area contributed by atoms with Crippen molar-refractivity contribution in [1.29, 1.82) is 0 Å². The third-order valence-electron chi connectivity index (χ3n) is 5.04. The van der Waals surface area contributed by atoms with Gasteiger partial charge in [-0.1, -0.05) is 23.8 Å². The van der Waals surface area contributed by atoms with Gasteiger partial charge in [0.05, 0.1) is 0 Å². The van der Waals surface area contributed by atoms with E-state index in [1.54, 1.807) is 0 Å². The van der Waals surface area contributed by atoms with Crippen LogP contribution in [0.2, 0.25) is 0 Å².